The quantitative estimate of drug-likeness (QED) is 0.239. The Morgan fingerprint density at radius 2 is 1.98 bits per heavy atom. The van der Waals surface area contributed by atoms with E-state index in [4.69, 9.17) is 25.7 Å². The van der Waals surface area contributed by atoms with Crippen LogP contribution >= 0.6 is 0 Å². The Morgan fingerprint density at radius 1 is 1.20 bits per heavy atom. The first-order valence-electron chi connectivity index (χ1n) is 16.6. The number of piperidine rings is 1. The van der Waals surface area contributed by atoms with Crippen molar-refractivity contribution in [3.8, 4) is 17.2 Å². The van der Waals surface area contributed by atoms with E-state index in [0.717, 1.165) is 61.2 Å². The Hall–Kier alpha value is -3.67. The number of Topliss-reactive ketones (excluding diaryl/α,β-unsaturated/α-hetero) is 1. The summed E-state index contributed by atoms with van der Waals surface area (Å²) >= 11 is 0. The van der Waals surface area contributed by atoms with E-state index >= 15 is 0 Å². The number of ketones is 1. The van der Waals surface area contributed by atoms with Crippen LogP contribution in [0.15, 0.2) is 36.4 Å². The smallest absolute Gasteiger partial charge is 0.415 e. The van der Waals surface area contributed by atoms with E-state index in [1.54, 1.807) is 14.2 Å². The first-order chi connectivity index (χ1) is 22.1. The Morgan fingerprint density at radius 3 is 2.72 bits per heavy atom. The van der Waals surface area contributed by atoms with Gasteiger partial charge in [-0.05, 0) is 61.7 Å². The Balaban J connectivity index is 1.07. The van der Waals surface area contributed by atoms with Gasteiger partial charge in [0.2, 0.25) is 5.91 Å². The molecule has 2 heterocycles. The highest BCUT2D eigenvalue weighted by atomic mass is 16.6. The first kappa shape index (κ1) is 32.3. The summed E-state index contributed by atoms with van der Waals surface area (Å²) in [6, 6.07) is 11.7. The van der Waals surface area contributed by atoms with Gasteiger partial charge in [-0.3, -0.25) is 9.59 Å². The zero-order chi connectivity index (χ0) is 32.6. The number of nitrogens with zero attached hydrogens (tertiary/aromatic N) is 2. The average Bonchev–Trinajstić information content (AvgIpc) is 3.41. The van der Waals surface area contributed by atoms with Crippen LogP contribution in [0.25, 0.3) is 0 Å². The molecule has 6 atom stereocenters. The summed E-state index contributed by atoms with van der Waals surface area (Å²) in [4.78, 5) is 39.6. The van der Waals surface area contributed by atoms with Gasteiger partial charge >= 0.3 is 6.09 Å². The first-order valence-corrected chi connectivity index (χ1v) is 16.6. The van der Waals surface area contributed by atoms with Crippen LogP contribution < -0.4 is 31.0 Å². The molecule has 46 heavy (non-hydrogen) atoms. The lowest BCUT2D eigenvalue weighted by molar-refractivity contribution is -0.957. The topological polar surface area (TPSA) is 146 Å². The predicted molar refractivity (Wildman–Crippen MR) is 173 cm³/mol. The van der Waals surface area contributed by atoms with Crippen LogP contribution in [0.4, 0.5) is 4.79 Å². The van der Waals surface area contributed by atoms with Crippen LogP contribution in [0.1, 0.15) is 55.2 Å². The Labute approximate surface area is 271 Å². The highest BCUT2D eigenvalue weighted by Gasteiger charge is 2.69. The van der Waals surface area contributed by atoms with E-state index in [0.29, 0.717) is 43.6 Å². The number of ether oxygens (including phenoxy) is 3. The molecule has 2 aliphatic carbocycles. The number of unbranched alkanes of at least 4 members (excludes halogenated alkanes) is 1. The van der Waals surface area contributed by atoms with Gasteiger partial charge in [0.1, 0.15) is 12.3 Å². The van der Waals surface area contributed by atoms with Crippen LogP contribution in [0.5, 0.6) is 17.2 Å². The maximum Gasteiger partial charge on any atom is 0.415 e. The standard InChI is InChI=1S/C35H47N5O6/c1-39(18-17-38-33(42)26(37)6-4-5-16-36)34(43)45-24-10-7-22(8-11-24)21-40(2)19-15-35-25-12-13-28(41)32(35)46-31-29(44-3)14-9-23(30(31)35)20-27(25)40/h7-11,14,25-27,32H,4-6,12-13,15-21,36-37H2,1-3H3/p+1/t25?,26-,27?,32?,35?,40?/m0/s1. The fourth-order valence-corrected chi connectivity index (χ4v) is 8.61. The van der Waals surface area contributed by atoms with E-state index in [9.17, 15) is 14.4 Å². The van der Waals surface area contributed by atoms with Crippen molar-refractivity contribution in [1.29, 1.82) is 0 Å². The monoisotopic (exact) mass is 634 g/mol. The van der Waals surface area contributed by atoms with Gasteiger partial charge < -0.3 is 40.4 Å². The van der Waals surface area contributed by atoms with Crippen molar-refractivity contribution in [3.63, 3.8) is 0 Å². The number of likely N-dealkylation sites (tertiary alicyclic amines) is 1. The van der Waals surface area contributed by atoms with Crippen molar-refractivity contribution in [3.05, 3.63) is 53.1 Å². The summed E-state index contributed by atoms with van der Waals surface area (Å²) < 4.78 is 18.6. The predicted octanol–water partition coefficient (Wildman–Crippen LogP) is 2.65. The Bertz CT molecular complexity index is 1480. The van der Waals surface area contributed by atoms with Gasteiger partial charge in [-0.1, -0.05) is 12.5 Å². The largest absolute Gasteiger partial charge is 0.493 e. The minimum atomic E-state index is -0.579. The molecule has 11 nitrogen and oxygen atoms in total. The van der Waals surface area contributed by atoms with Gasteiger partial charge in [-0.2, -0.15) is 0 Å². The molecule has 0 radical (unpaired) electrons. The number of carbonyl (C=O) groups excluding carboxylic acids is 3. The fraction of sp³-hybridized carbons (Fsp3) is 0.571. The minimum Gasteiger partial charge on any atom is -0.493 e. The van der Waals surface area contributed by atoms with Crippen molar-refractivity contribution in [1.82, 2.24) is 10.2 Å². The number of nitrogens with two attached hydrogens (primary N) is 2. The maximum absolute atomic E-state index is 13.2. The van der Waals surface area contributed by atoms with E-state index in [2.05, 4.69) is 18.4 Å². The number of quaternary nitrogens is 1. The van der Waals surface area contributed by atoms with Gasteiger partial charge in [0, 0.05) is 56.4 Å². The minimum absolute atomic E-state index is 0.219. The molecule has 2 bridgehead atoms. The van der Waals surface area contributed by atoms with Crippen molar-refractivity contribution < 1.29 is 33.1 Å². The van der Waals surface area contributed by atoms with Crippen molar-refractivity contribution in [2.45, 2.75) is 75.1 Å². The molecule has 2 fully saturated rings. The third-order valence-electron chi connectivity index (χ3n) is 11.0. The number of likely N-dealkylation sites (N-methyl/N-ethyl adjacent to an activating group) is 2. The molecule has 1 saturated heterocycles. The van der Waals surface area contributed by atoms with Crippen LogP contribution in [0.3, 0.4) is 0 Å². The van der Waals surface area contributed by atoms with Crippen LogP contribution in [0, 0.1) is 5.92 Å². The molecular formula is C35H48N5O6+. The molecular weight excluding hydrogens is 586 g/mol. The molecule has 6 rings (SSSR count). The highest BCUT2D eigenvalue weighted by Crippen LogP contribution is 2.64. The number of benzene rings is 2. The zero-order valence-electron chi connectivity index (χ0n) is 27.3. The fourth-order valence-electron chi connectivity index (χ4n) is 8.61. The van der Waals surface area contributed by atoms with Crippen molar-refractivity contribution >= 4 is 17.8 Å². The molecule has 248 valence electrons. The number of hydrogen-bond donors (Lipinski definition) is 3. The van der Waals surface area contributed by atoms with Gasteiger partial charge in [-0.15, -0.1) is 0 Å². The second-order valence-corrected chi connectivity index (χ2v) is 13.8. The van der Waals surface area contributed by atoms with Crippen LogP contribution in [0.2, 0.25) is 0 Å². The SMILES string of the molecule is COc1ccc2c3c1OC1C(=O)CCC4C(C2)[N+](C)(Cc2ccc(OC(=O)N(C)CCNC(=O)[C@@H](N)CCCCN)cc2)CCC314. The molecule has 1 saturated carbocycles. The van der Waals surface area contributed by atoms with Crippen molar-refractivity contribution in [2.75, 3.05) is 47.4 Å². The van der Waals surface area contributed by atoms with Crippen LogP contribution in [-0.2, 0) is 28.0 Å². The van der Waals surface area contributed by atoms with Crippen LogP contribution in [-0.4, -0.2) is 92.7 Å². The lowest BCUT2D eigenvalue weighted by atomic mass is 9.51. The molecule has 5 unspecified atom stereocenters. The molecule has 4 aliphatic rings. The Kier molecular flexibility index (Phi) is 9.02. The van der Waals surface area contributed by atoms with E-state index in [1.807, 2.05) is 30.3 Å². The molecule has 1 spiro atoms. The lowest BCUT2D eigenvalue weighted by Gasteiger charge is -2.60. The number of methoxy groups -OCH3 is 1. The van der Waals surface area contributed by atoms with Gasteiger partial charge in [-0.25, -0.2) is 4.79 Å². The average molecular weight is 635 g/mol. The number of rotatable bonds is 12. The summed E-state index contributed by atoms with van der Waals surface area (Å²) in [5.41, 5.74) is 14.9. The number of hydrogen-bond acceptors (Lipinski definition) is 8. The normalized spacial score (nSPS) is 27.7. The van der Waals surface area contributed by atoms with Gasteiger partial charge in [0.25, 0.3) is 0 Å². The summed E-state index contributed by atoms with van der Waals surface area (Å²) in [5, 5.41) is 2.78. The third-order valence-corrected chi connectivity index (χ3v) is 11.0. The molecule has 0 aromatic heterocycles. The highest BCUT2D eigenvalue weighted by molar-refractivity contribution is 5.89. The van der Waals surface area contributed by atoms with E-state index in [1.165, 1.54) is 21.6 Å². The van der Waals surface area contributed by atoms with E-state index in [-0.39, 0.29) is 23.7 Å². The second kappa shape index (κ2) is 12.8. The molecule has 5 N–H and O–H groups in total. The third kappa shape index (κ3) is 5.62. The molecule has 2 aromatic carbocycles. The van der Waals surface area contributed by atoms with Gasteiger partial charge in [0.05, 0.1) is 38.2 Å². The summed E-state index contributed by atoms with van der Waals surface area (Å²) in [5.74, 6) is 2.34. The molecule has 11 heteroatoms. The number of carbonyl (C=O) groups is 3. The lowest BCUT2D eigenvalue weighted by Crippen LogP contribution is -2.71. The maximum atomic E-state index is 13.2. The van der Waals surface area contributed by atoms with E-state index < -0.39 is 18.2 Å². The molecule has 2 aliphatic heterocycles. The van der Waals surface area contributed by atoms with Crippen molar-refractivity contribution in [2.24, 2.45) is 17.4 Å². The number of amides is 2. The summed E-state index contributed by atoms with van der Waals surface area (Å²) in [7, 11) is 5.65. The zero-order valence-corrected chi connectivity index (χ0v) is 27.3. The number of nitrogens with one attached hydrogen (secondary N) is 1. The molecule has 2 aromatic rings. The summed E-state index contributed by atoms with van der Waals surface area (Å²) in [6.07, 6.45) is 4.61. The molecule has 2 amide bonds. The summed E-state index contributed by atoms with van der Waals surface area (Å²) in [6.45, 7) is 2.96. The van der Waals surface area contributed by atoms with Gasteiger partial charge in [0.15, 0.2) is 23.4 Å². The second-order valence-electron chi connectivity index (χ2n) is 13.8.